The van der Waals surface area contributed by atoms with E-state index in [0.717, 1.165) is 5.69 Å². The predicted molar refractivity (Wildman–Crippen MR) is 55.3 cm³/mol. The van der Waals surface area contributed by atoms with Crippen LogP contribution in [0.4, 0.5) is 5.69 Å². The van der Waals surface area contributed by atoms with Crippen LogP contribution in [0.2, 0.25) is 0 Å². The summed E-state index contributed by atoms with van der Waals surface area (Å²) in [7, 11) is 1.92. The summed E-state index contributed by atoms with van der Waals surface area (Å²) in [5.74, 6) is 0. The molecule has 0 bridgehead atoms. The molecule has 2 heteroatoms. The Balaban J connectivity index is 2.33. The van der Waals surface area contributed by atoms with Crippen LogP contribution in [0.3, 0.4) is 0 Å². The number of rotatable bonds is 2. The predicted octanol–water partition coefficient (Wildman–Crippen LogP) is 2.52. The minimum absolute atomic E-state index is 1.14. The minimum Gasteiger partial charge on any atom is -0.388 e. The molecule has 0 aliphatic rings. The number of nitrogens with one attached hydrogen (secondary N) is 1. The smallest absolute Gasteiger partial charge is 0.0450 e. The van der Waals surface area contributed by atoms with Gasteiger partial charge in [-0.2, -0.15) is 0 Å². The maximum absolute atomic E-state index is 3.09. The van der Waals surface area contributed by atoms with Crippen molar-refractivity contribution in [2.75, 3.05) is 12.4 Å². The highest BCUT2D eigenvalue weighted by Gasteiger charge is 1.93. The Kier molecular flexibility index (Phi) is 2.04. The second-order valence-corrected chi connectivity index (χ2v) is 2.89. The van der Waals surface area contributed by atoms with Crippen LogP contribution >= 0.6 is 0 Å². The zero-order valence-electron chi connectivity index (χ0n) is 7.57. The highest BCUT2D eigenvalue weighted by atomic mass is 14.9. The molecule has 13 heavy (non-hydrogen) atoms. The third kappa shape index (κ3) is 1.56. The van der Waals surface area contributed by atoms with Crippen LogP contribution in [0.15, 0.2) is 48.8 Å². The lowest BCUT2D eigenvalue weighted by molar-refractivity contribution is 1.08. The van der Waals surface area contributed by atoms with E-state index in [4.69, 9.17) is 0 Å². The van der Waals surface area contributed by atoms with Crippen molar-refractivity contribution in [3.63, 3.8) is 0 Å². The third-order valence-electron chi connectivity index (χ3n) is 2.06. The lowest BCUT2D eigenvalue weighted by atomic mass is 10.3. The monoisotopic (exact) mass is 172 g/mol. The van der Waals surface area contributed by atoms with E-state index in [9.17, 15) is 0 Å². The van der Waals surface area contributed by atoms with Crippen molar-refractivity contribution in [1.82, 2.24) is 4.57 Å². The van der Waals surface area contributed by atoms with Crippen LogP contribution in [0.5, 0.6) is 0 Å². The number of aromatic nitrogens is 1. The molecular formula is C11H12N2. The lowest BCUT2D eigenvalue weighted by Crippen LogP contribution is -1.91. The van der Waals surface area contributed by atoms with E-state index in [1.54, 1.807) is 0 Å². The van der Waals surface area contributed by atoms with Gasteiger partial charge in [0, 0.05) is 30.8 Å². The van der Waals surface area contributed by atoms with Gasteiger partial charge in [-0.15, -0.1) is 0 Å². The second-order valence-electron chi connectivity index (χ2n) is 2.89. The summed E-state index contributed by atoms with van der Waals surface area (Å²) in [6.07, 6.45) is 4.07. The topological polar surface area (TPSA) is 17.0 Å². The first kappa shape index (κ1) is 7.92. The zero-order valence-corrected chi connectivity index (χ0v) is 7.57. The first-order valence-corrected chi connectivity index (χ1v) is 4.31. The fourth-order valence-corrected chi connectivity index (χ4v) is 1.31. The molecule has 1 N–H and O–H groups in total. The molecule has 0 unspecified atom stereocenters. The van der Waals surface area contributed by atoms with Gasteiger partial charge < -0.3 is 9.88 Å². The van der Waals surface area contributed by atoms with Crippen LogP contribution in [-0.2, 0) is 0 Å². The van der Waals surface area contributed by atoms with Gasteiger partial charge in [0.15, 0.2) is 0 Å². The van der Waals surface area contributed by atoms with Crippen LogP contribution < -0.4 is 5.32 Å². The first-order valence-electron chi connectivity index (χ1n) is 4.31. The van der Waals surface area contributed by atoms with Crippen molar-refractivity contribution < 1.29 is 0 Å². The summed E-state index contributed by atoms with van der Waals surface area (Å²) in [5, 5.41) is 3.09. The molecule has 0 fully saturated rings. The van der Waals surface area contributed by atoms with Crippen molar-refractivity contribution in [2.24, 2.45) is 0 Å². The Hall–Kier alpha value is -1.70. The maximum atomic E-state index is 3.09. The molecule has 0 amide bonds. The molecule has 1 aromatic carbocycles. The standard InChI is InChI=1S/C11H12N2/c1-12-10-4-6-11(7-5-10)13-8-2-3-9-13/h2-9,12H,1H3. The highest BCUT2D eigenvalue weighted by molar-refractivity contribution is 5.48. The molecule has 2 nitrogen and oxygen atoms in total. The molecule has 1 aromatic heterocycles. The fourth-order valence-electron chi connectivity index (χ4n) is 1.31. The van der Waals surface area contributed by atoms with E-state index < -0.39 is 0 Å². The number of hydrogen-bond acceptors (Lipinski definition) is 1. The van der Waals surface area contributed by atoms with E-state index in [-0.39, 0.29) is 0 Å². The molecule has 0 aliphatic heterocycles. The molecule has 0 saturated carbocycles. The van der Waals surface area contributed by atoms with Crippen molar-refractivity contribution in [1.29, 1.82) is 0 Å². The Morgan fingerprint density at radius 2 is 1.62 bits per heavy atom. The molecule has 2 rings (SSSR count). The SMILES string of the molecule is CNc1ccc(-n2cccc2)cc1. The molecule has 2 aromatic rings. The normalized spacial score (nSPS) is 9.92. The van der Waals surface area contributed by atoms with Crippen molar-refractivity contribution in [3.8, 4) is 5.69 Å². The van der Waals surface area contributed by atoms with E-state index >= 15 is 0 Å². The van der Waals surface area contributed by atoms with Gasteiger partial charge in [-0.25, -0.2) is 0 Å². The van der Waals surface area contributed by atoms with Crippen molar-refractivity contribution in [3.05, 3.63) is 48.8 Å². The van der Waals surface area contributed by atoms with Crippen molar-refractivity contribution >= 4 is 5.69 Å². The van der Waals surface area contributed by atoms with Gasteiger partial charge in [-0.05, 0) is 36.4 Å². The van der Waals surface area contributed by atoms with E-state index in [1.165, 1.54) is 5.69 Å². The summed E-state index contributed by atoms with van der Waals surface area (Å²) >= 11 is 0. The largest absolute Gasteiger partial charge is 0.388 e. The van der Waals surface area contributed by atoms with Crippen molar-refractivity contribution in [2.45, 2.75) is 0 Å². The summed E-state index contributed by atoms with van der Waals surface area (Å²) in [5.41, 5.74) is 2.32. The van der Waals surface area contributed by atoms with Crippen LogP contribution in [0, 0.1) is 0 Å². The Labute approximate surface area is 77.8 Å². The molecule has 0 aliphatic carbocycles. The van der Waals surface area contributed by atoms with Gasteiger partial charge in [-0.3, -0.25) is 0 Å². The molecule has 0 atom stereocenters. The Bertz CT molecular complexity index is 359. The van der Waals surface area contributed by atoms with Crippen LogP contribution in [-0.4, -0.2) is 11.6 Å². The van der Waals surface area contributed by atoms with E-state index in [0.29, 0.717) is 0 Å². The second kappa shape index (κ2) is 3.35. The van der Waals surface area contributed by atoms with Crippen LogP contribution in [0.25, 0.3) is 5.69 Å². The number of nitrogens with zero attached hydrogens (tertiary/aromatic N) is 1. The summed E-state index contributed by atoms with van der Waals surface area (Å²) in [6, 6.07) is 12.3. The van der Waals surface area contributed by atoms with E-state index in [1.807, 2.05) is 31.6 Å². The molecular weight excluding hydrogens is 160 g/mol. The van der Waals surface area contributed by atoms with Crippen LogP contribution in [0.1, 0.15) is 0 Å². The summed E-state index contributed by atoms with van der Waals surface area (Å²) < 4.78 is 2.08. The van der Waals surface area contributed by atoms with Gasteiger partial charge in [0.2, 0.25) is 0 Å². The molecule has 0 saturated heterocycles. The average Bonchev–Trinajstić information content (AvgIpc) is 2.71. The highest BCUT2D eigenvalue weighted by Crippen LogP contribution is 2.12. The van der Waals surface area contributed by atoms with Gasteiger partial charge in [0.1, 0.15) is 0 Å². The van der Waals surface area contributed by atoms with Gasteiger partial charge in [-0.1, -0.05) is 0 Å². The minimum atomic E-state index is 1.14. The maximum Gasteiger partial charge on any atom is 0.0450 e. The quantitative estimate of drug-likeness (QED) is 0.736. The lowest BCUT2D eigenvalue weighted by Gasteiger charge is -2.04. The number of anilines is 1. The van der Waals surface area contributed by atoms with Gasteiger partial charge in [0.25, 0.3) is 0 Å². The number of benzene rings is 1. The number of hydrogen-bond donors (Lipinski definition) is 1. The first-order chi connectivity index (χ1) is 6.40. The van der Waals surface area contributed by atoms with Gasteiger partial charge >= 0.3 is 0 Å². The molecule has 0 spiro atoms. The van der Waals surface area contributed by atoms with E-state index in [2.05, 4.69) is 34.1 Å². The average molecular weight is 172 g/mol. The molecule has 0 radical (unpaired) electrons. The Morgan fingerprint density at radius 3 is 2.15 bits per heavy atom. The van der Waals surface area contributed by atoms with Gasteiger partial charge in [0.05, 0.1) is 0 Å². The summed E-state index contributed by atoms with van der Waals surface area (Å²) in [6.45, 7) is 0. The third-order valence-corrected chi connectivity index (χ3v) is 2.06. The zero-order chi connectivity index (χ0) is 9.10. The molecule has 1 heterocycles. The fraction of sp³-hybridized carbons (Fsp3) is 0.0909. The summed E-state index contributed by atoms with van der Waals surface area (Å²) in [4.78, 5) is 0. The molecule has 66 valence electrons. The Morgan fingerprint density at radius 1 is 1.00 bits per heavy atom.